The molecular weight excluding hydrogens is 412 g/mol. The second-order valence-corrected chi connectivity index (χ2v) is 8.33. The van der Waals surface area contributed by atoms with Gasteiger partial charge in [-0.05, 0) is 47.6 Å². The second kappa shape index (κ2) is 7.90. The van der Waals surface area contributed by atoms with Gasteiger partial charge in [0.2, 0.25) is 0 Å². The van der Waals surface area contributed by atoms with Crippen LogP contribution < -0.4 is 10.5 Å². The van der Waals surface area contributed by atoms with Gasteiger partial charge in [0.15, 0.2) is 5.06 Å². The van der Waals surface area contributed by atoms with Gasteiger partial charge in [0.05, 0.1) is 28.1 Å². The lowest BCUT2D eigenvalue weighted by atomic mass is 9.93. The molecule has 0 radical (unpaired) electrons. The van der Waals surface area contributed by atoms with Crippen LogP contribution in [-0.2, 0) is 12.8 Å². The van der Waals surface area contributed by atoms with Gasteiger partial charge in [-0.3, -0.25) is 9.59 Å². The number of pyridine rings is 1. The normalized spacial score (nSPS) is 12.2. The van der Waals surface area contributed by atoms with E-state index in [0.717, 1.165) is 28.0 Å². The summed E-state index contributed by atoms with van der Waals surface area (Å²) in [4.78, 5) is 31.2. The van der Waals surface area contributed by atoms with Crippen LogP contribution in [0.5, 0.6) is 10.8 Å². The van der Waals surface area contributed by atoms with Gasteiger partial charge in [-0.15, -0.1) is 0 Å². The SMILES string of the molecule is CN(CCO)C(=O)c1ccc(Oc2sc(C(N)=O)c3c2-c2sncc2CC3)cn1. The Balaban J connectivity index is 1.64. The van der Waals surface area contributed by atoms with Gasteiger partial charge in [0.25, 0.3) is 11.8 Å². The molecule has 0 saturated carbocycles. The zero-order valence-corrected chi connectivity index (χ0v) is 17.2. The molecule has 3 heterocycles. The lowest BCUT2D eigenvalue weighted by Crippen LogP contribution is -2.30. The molecule has 3 aromatic rings. The van der Waals surface area contributed by atoms with E-state index in [9.17, 15) is 9.59 Å². The molecule has 3 N–H and O–H groups in total. The standard InChI is InChI=1S/C19H18N4O4S2/c1-23(6-7-24)18(26)13-5-3-11(9-21-13)27-19-14-12(16(28-19)17(20)25)4-2-10-8-22-29-15(10)14/h3,5,8-9,24H,2,4,6-7H2,1H3,(H2,20,25). The first-order valence-electron chi connectivity index (χ1n) is 8.89. The number of aromatic nitrogens is 2. The minimum Gasteiger partial charge on any atom is -0.444 e. The number of nitrogens with zero attached hydrogens (tertiary/aromatic N) is 3. The molecular formula is C19H18N4O4S2. The first-order chi connectivity index (χ1) is 14.0. The molecule has 1 aliphatic carbocycles. The number of nitrogens with two attached hydrogens (primary N) is 1. The minimum atomic E-state index is -0.472. The number of ether oxygens (including phenoxy) is 1. The van der Waals surface area contributed by atoms with E-state index in [0.29, 0.717) is 22.1 Å². The molecule has 1 aliphatic rings. The van der Waals surface area contributed by atoms with Crippen LogP contribution in [-0.4, -0.2) is 51.4 Å². The van der Waals surface area contributed by atoms with Gasteiger partial charge in [-0.1, -0.05) is 11.3 Å². The molecule has 0 fully saturated rings. The Morgan fingerprint density at radius 3 is 2.83 bits per heavy atom. The highest BCUT2D eigenvalue weighted by Crippen LogP contribution is 2.49. The van der Waals surface area contributed by atoms with Crippen LogP contribution in [0.4, 0.5) is 0 Å². The summed E-state index contributed by atoms with van der Waals surface area (Å²) in [7, 11) is 1.60. The van der Waals surface area contributed by atoms with Crippen LogP contribution in [0.2, 0.25) is 0 Å². The summed E-state index contributed by atoms with van der Waals surface area (Å²) in [6, 6.07) is 3.22. The predicted octanol–water partition coefficient (Wildman–Crippen LogP) is 2.32. The highest BCUT2D eigenvalue weighted by atomic mass is 32.1. The van der Waals surface area contributed by atoms with Crippen molar-refractivity contribution in [1.29, 1.82) is 0 Å². The summed E-state index contributed by atoms with van der Waals surface area (Å²) in [5.41, 5.74) is 8.74. The van der Waals surface area contributed by atoms with Gasteiger partial charge in [0, 0.05) is 19.8 Å². The summed E-state index contributed by atoms with van der Waals surface area (Å²) in [6.07, 6.45) is 4.84. The molecule has 8 nitrogen and oxygen atoms in total. The first-order valence-corrected chi connectivity index (χ1v) is 10.5. The number of hydrogen-bond acceptors (Lipinski definition) is 8. The van der Waals surface area contributed by atoms with Crippen molar-refractivity contribution < 1.29 is 19.4 Å². The van der Waals surface area contributed by atoms with Crippen molar-refractivity contribution in [2.75, 3.05) is 20.2 Å². The van der Waals surface area contributed by atoms with E-state index < -0.39 is 5.91 Å². The maximum Gasteiger partial charge on any atom is 0.272 e. The number of thiophene rings is 1. The van der Waals surface area contributed by atoms with E-state index in [1.807, 2.05) is 6.20 Å². The van der Waals surface area contributed by atoms with Crippen molar-refractivity contribution in [2.45, 2.75) is 12.8 Å². The van der Waals surface area contributed by atoms with Crippen LogP contribution >= 0.6 is 22.9 Å². The van der Waals surface area contributed by atoms with E-state index in [-0.39, 0.29) is 24.8 Å². The molecule has 2 amide bonds. The second-order valence-electron chi connectivity index (χ2n) is 6.55. The number of carbonyl (C=O) groups excluding carboxylic acids is 2. The fourth-order valence-corrected chi connectivity index (χ4v) is 5.21. The van der Waals surface area contributed by atoms with E-state index in [2.05, 4.69) is 9.36 Å². The molecule has 0 spiro atoms. The molecule has 150 valence electrons. The van der Waals surface area contributed by atoms with Gasteiger partial charge in [-0.25, -0.2) is 9.36 Å². The molecule has 0 bridgehead atoms. The summed E-state index contributed by atoms with van der Waals surface area (Å²) in [5.74, 6) is -0.312. The predicted molar refractivity (Wildman–Crippen MR) is 110 cm³/mol. The number of hydrogen-bond donors (Lipinski definition) is 2. The Hall–Kier alpha value is -2.82. The van der Waals surface area contributed by atoms with Crippen LogP contribution in [0.15, 0.2) is 24.5 Å². The van der Waals surface area contributed by atoms with Crippen molar-refractivity contribution >= 4 is 34.7 Å². The smallest absolute Gasteiger partial charge is 0.272 e. The number of fused-ring (bicyclic) bond motifs is 3. The van der Waals surface area contributed by atoms with E-state index in [1.54, 1.807) is 19.2 Å². The van der Waals surface area contributed by atoms with Gasteiger partial charge in [0.1, 0.15) is 11.4 Å². The van der Waals surface area contributed by atoms with Gasteiger partial charge >= 0.3 is 0 Å². The zero-order chi connectivity index (χ0) is 20.5. The molecule has 4 rings (SSSR count). The number of aliphatic hydroxyl groups is 1. The van der Waals surface area contributed by atoms with Crippen LogP contribution in [0.1, 0.15) is 31.3 Å². The molecule has 3 aromatic heterocycles. The van der Waals surface area contributed by atoms with Crippen LogP contribution in [0, 0.1) is 0 Å². The molecule has 0 aliphatic heterocycles. The fourth-order valence-electron chi connectivity index (χ4n) is 3.21. The topological polar surface area (TPSA) is 119 Å². The third-order valence-corrected chi connectivity index (χ3v) is 6.65. The van der Waals surface area contributed by atoms with E-state index in [1.165, 1.54) is 34.0 Å². The molecule has 29 heavy (non-hydrogen) atoms. The Morgan fingerprint density at radius 2 is 2.14 bits per heavy atom. The number of carbonyl (C=O) groups is 2. The summed E-state index contributed by atoms with van der Waals surface area (Å²) in [5, 5.41) is 9.53. The molecule has 0 saturated heterocycles. The Labute approximate surface area is 174 Å². The highest BCUT2D eigenvalue weighted by Gasteiger charge is 2.30. The summed E-state index contributed by atoms with van der Waals surface area (Å²) in [6.45, 7) is 0.113. The Morgan fingerprint density at radius 1 is 1.31 bits per heavy atom. The third-order valence-electron chi connectivity index (χ3n) is 4.66. The monoisotopic (exact) mass is 430 g/mol. The number of primary amides is 1. The van der Waals surface area contributed by atoms with Crippen LogP contribution in [0.25, 0.3) is 10.4 Å². The largest absolute Gasteiger partial charge is 0.444 e. The quantitative estimate of drug-likeness (QED) is 0.620. The zero-order valence-electron chi connectivity index (χ0n) is 15.5. The average Bonchev–Trinajstić information content (AvgIpc) is 3.32. The lowest BCUT2D eigenvalue weighted by Gasteiger charge is -2.15. The summed E-state index contributed by atoms with van der Waals surface area (Å²) >= 11 is 2.59. The molecule has 0 atom stereocenters. The average molecular weight is 431 g/mol. The number of aliphatic hydroxyl groups excluding tert-OH is 1. The Kier molecular flexibility index (Phi) is 5.31. The molecule has 10 heteroatoms. The Bertz CT molecular complexity index is 1070. The fraction of sp³-hybridized carbons (Fsp3) is 0.263. The van der Waals surface area contributed by atoms with Crippen molar-refractivity contribution in [2.24, 2.45) is 5.73 Å². The number of likely N-dealkylation sites (N-methyl/N-ethyl adjacent to an activating group) is 1. The maximum absolute atomic E-state index is 12.2. The van der Waals surface area contributed by atoms with Gasteiger partial charge in [-0.2, -0.15) is 0 Å². The van der Waals surface area contributed by atoms with Crippen molar-refractivity contribution in [3.05, 3.63) is 46.2 Å². The first kappa shape index (κ1) is 19.5. The number of rotatable bonds is 6. The minimum absolute atomic E-state index is 0.116. The summed E-state index contributed by atoms with van der Waals surface area (Å²) < 4.78 is 10.3. The lowest BCUT2D eigenvalue weighted by molar-refractivity contribution is 0.0761. The number of amides is 2. The molecule has 0 aromatic carbocycles. The third kappa shape index (κ3) is 3.61. The van der Waals surface area contributed by atoms with Crippen molar-refractivity contribution in [3.8, 4) is 21.3 Å². The van der Waals surface area contributed by atoms with Crippen molar-refractivity contribution in [3.63, 3.8) is 0 Å². The number of aryl methyl sites for hydroxylation is 1. The van der Waals surface area contributed by atoms with Crippen LogP contribution in [0.3, 0.4) is 0 Å². The van der Waals surface area contributed by atoms with E-state index >= 15 is 0 Å². The highest BCUT2D eigenvalue weighted by molar-refractivity contribution is 7.17. The van der Waals surface area contributed by atoms with Crippen molar-refractivity contribution in [1.82, 2.24) is 14.3 Å². The van der Waals surface area contributed by atoms with Gasteiger partial charge < -0.3 is 20.5 Å². The maximum atomic E-state index is 12.2. The van der Waals surface area contributed by atoms with E-state index in [4.69, 9.17) is 15.6 Å². The molecule has 0 unspecified atom stereocenters.